The van der Waals surface area contributed by atoms with E-state index in [0.29, 0.717) is 10.1 Å². The van der Waals surface area contributed by atoms with Crippen LogP contribution in [-0.2, 0) is 9.59 Å². The second-order valence-electron chi connectivity index (χ2n) is 5.67. The van der Waals surface area contributed by atoms with Crippen molar-refractivity contribution in [2.75, 3.05) is 12.4 Å². The zero-order chi connectivity index (χ0) is 18.4. The molecule has 0 saturated carbocycles. The summed E-state index contributed by atoms with van der Waals surface area (Å²) < 4.78 is 5.19. The first-order valence-electron chi connectivity index (χ1n) is 8.03. The van der Waals surface area contributed by atoms with Gasteiger partial charge in [-0.2, -0.15) is 0 Å². The van der Waals surface area contributed by atoms with Crippen LogP contribution in [0.25, 0.3) is 10.6 Å². The van der Waals surface area contributed by atoms with Gasteiger partial charge in [-0.25, -0.2) is 0 Å². The van der Waals surface area contributed by atoms with Crippen LogP contribution in [0.5, 0.6) is 5.75 Å². The summed E-state index contributed by atoms with van der Waals surface area (Å²) in [7, 11) is 1.60. The van der Waals surface area contributed by atoms with E-state index < -0.39 is 6.04 Å². The summed E-state index contributed by atoms with van der Waals surface area (Å²) >= 11 is 1.26. The molecular weight excluding hydrogens is 340 g/mol. The van der Waals surface area contributed by atoms with E-state index in [9.17, 15) is 9.59 Å². The van der Waals surface area contributed by atoms with E-state index in [4.69, 9.17) is 4.74 Å². The highest BCUT2D eigenvalue weighted by molar-refractivity contribution is 7.18. The average molecular weight is 362 g/mol. The zero-order valence-electron chi connectivity index (χ0n) is 14.7. The summed E-state index contributed by atoms with van der Waals surface area (Å²) in [6, 6.07) is 6.80. The number of hydrogen-bond acceptors (Lipinski definition) is 6. The second-order valence-corrected chi connectivity index (χ2v) is 6.65. The van der Waals surface area contributed by atoms with E-state index in [1.54, 1.807) is 14.0 Å². The Morgan fingerprint density at radius 3 is 2.68 bits per heavy atom. The highest BCUT2D eigenvalue weighted by Crippen LogP contribution is 2.28. The molecule has 1 heterocycles. The van der Waals surface area contributed by atoms with Gasteiger partial charge in [0.05, 0.1) is 7.11 Å². The van der Waals surface area contributed by atoms with Crippen molar-refractivity contribution in [3.05, 3.63) is 24.3 Å². The Hall–Kier alpha value is -2.48. The van der Waals surface area contributed by atoms with E-state index in [2.05, 4.69) is 20.8 Å². The third-order valence-electron chi connectivity index (χ3n) is 3.78. The molecule has 0 bridgehead atoms. The van der Waals surface area contributed by atoms with E-state index >= 15 is 0 Å². The molecule has 1 aromatic carbocycles. The Balaban J connectivity index is 2.00. The van der Waals surface area contributed by atoms with Crippen molar-refractivity contribution in [2.45, 2.75) is 33.2 Å². The van der Waals surface area contributed by atoms with E-state index in [0.717, 1.165) is 17.7 Å². The average Bonchev–Trinajstić information content (AvgIpc) is 3.09. The highest BCUT2D eigenvalue weighted by Gasteiger charge is 2.20. The van der Waals surface area contributed by atoms with Crippen LogP contribution in [0.15, 0.2) is 24.3 Å². The number of benzene rings is 1. The number of rotatable bonds is 7. The van der Waals surface area contributed by atoms with Gasteiger partial charge in [-0.1, -0.05) is 37.3 Å². The molecule has 8 heteroatoms. The normalized spacial score (nSPS) is 13.0. The lowest BCUT2D eigenvalue weighted by Gasteiger charge is -2.15. The number of hydrogen-bond donors (Lipinski definition) is 2. The summed E-state index contributed by atoms with van der Waals surface area (Å²) in [6.45, 7) is 5.39. The van der Waals surface area contributed by atoms with E-state index in [-0.39, 0.29) is 17.7 Å². The Bertz CT molecular complexity index is 747. The standard InChI is InChI=1S/C17H22N4O3S/c1-5-10(2)14(22)18-11(3)15(23)19-17-21-20-16(25-17)12-7-6-8-13(9-12)24-4/h6-11H,5H2,1-4H3,(H,18,22)(H,19,21,23)/t10-,11+/m1/s1. The molecule has 0 saturated heterocycles. The van der Waals surface area contributed by atoms with E-state index in [1.165, 1.54) is 11.3 Å². The maximum atomic E-state index is 12.2. The predicted molar refractivity (Wildman–Crippen MR) is 97.6 cm³/mol. The van der Waals surface area contributed by atoms with Gasteiger partial charge in [0, 0.05) is 11.5 Å². The molecule has 0 radical (unpaired) electrons. The lowest BCUT2D eigenvalue weighted by atomic mass is 10.1. The zero-order valence-corrected chi connectivity index (χ0v) is 15.5. The highest BCUT2D eigenvalue weighted by atomic mass is 32.1. The van der Waals surface area contributed by atoms with Gasteiger partial charge in [-0.3, -0.25) is 14.9 Å². The van der Waals surface area contributed by atoms with Crippen molar-refractivity contribution in [3.63, 3.8) is 0 Å². The largest absolute Gasteiger partial charge is 0.497 e. The molecule has 0 unspecified atom stereocenters. The fraction of sp³-hybridized carbons (Fsp3) is 0.412. The molecule has 1 aromatic heterocycles. The molecule has 7 nitrogen and oxygen atoms in total. The number of amides is 2. The van der Waals surface area contributed by atoms with Crippen molar-refractivity contribution in [1.29, 1.82) is 0 Å². The SMILES string of the molecule is CC[C@@H](C)C(=O)N[C@@H](C)C(=O)Nc1nnc(-c2cccc(OC)c2)s1. The Morgan fingerprint density at radius 1 is 1.24 bits per heavy atom. The maximum absolute atomic E-state index is 12.2. The fourth-order valence-corrected chi connectivity index (χ4v) is 2.71. The predicted octanol–water partition coefficient (Wildman–Crippen LogP) is 2.70. The number of methoxy groups -OCH3 is 1. The van der Waals surface area contributed by atoms with Crippen LogP contribution in [0.1, 0.15) is 27.2 Å². The van der Waals surface area contributed by atoms with E-state index in [1.807, 2.05) is 38.1 Å². The first-order valence-corrected chi connectivity index (χ1v) is 8.85. The molecule has 2 rings (SSSR count). The van der Waals surface area contributed by atoms with Crippen molar-refractivity contribution in [2.24, 2.45) is 5.92 Å². The summed E-state index contributed by atoms with van der Waals surface area (Å²) in [5.41, 5.74) is 0.857. The number of ether oxygens (including phenoxy) is 1. The number of carbonyl (C=O) groups is 2. The lowest BCUT2D eigenvalue weighted by Crippen LogP contribution is -2.43. The second kappa shape index (κ2) is 8.57. The first-order chi connectivity index (χ1) is 11.9. The molecule has 134 valence electrons. The summed E-state index contributed by atoms with van der Waals surface area (Å²) in [5, 5.41) is 14.5. The van der Waals surface area contributed by atoms with Crippen LogP contribution in [0, 0.1) is 5.92 Å². The number of carbonyl (C=O) groups excluding carboxylic acids is 2. The van der Waals surface area contributed by atoms with Gasteiger partial charge in [0.25, 0.3) is 0 Å². The molecular formula is C17H22N4O3S. The Kier molecular flexibility index (Phi) is 6.46. The molecule has 0 spiro atoms. The fourth-order valence-electron chi connectivity index (χ4n) is 1.97. The molecule has 2 amide bonds. The molecule has 0 aliphatic carbocycles. The van der Waals surface area contributed by atoms with Crippen molar-refractivity contribution in [3.8, 4) is 16.3 Å². The van der Waals surface area contributed by atoms with Gasteiger partial charge in [0.1, 0.15) is 16.8 Å². The molecule has 0 fully saturated rings. The van der Waals surface area contributed by atoms with Crippen LogP contribution >= 0.6 is 11.3 Å². The van der Waals surface area contributed by atoms with Gasteiger partial charge in [0.2, 0.25) is 16.9 Å². The Labute approximate surface area is 150 Å². The smallest absolute Gasteiger partial charge is 0.248 e. The molecule has 2 aromatic rings. The molecule has 25 heavy (non-hydrogen) atoms. The molecule has 2 atom stereocenters. The minimum absolute atomic E-state index is 0.128. The minimum Gasteiger partial charge on any atom is -0.497 e. The van der Waals surface area contributed by atoms with Gasteiger partial charge >= 0.3 is 0 Å². The van der Waals surface area contributed by atoms with Crippen molar-refractivity contribution >= 4 is 28.3 Å². The van der Waals surface area contributed by atoms with Crippen LogP contribution in [0.3, 0.4) is 0 Å². The van der Waals surface area contributed by atoms with Gasteiger partial charge in [0.15, 0.2) is 0 Å². The number of nitrogens with one attached hydrogen (secondary N) is 2. The van der Waals surface area contributed by atoms with Crippen LogP contribution < -0.4 is 15.4 Å². The number of anilines is 1. The van der Waals surface area contributed by atoms with Gasteiger partial charge < -0.3 is 10.1 Å². The molecule has 0 aliphatic heterocycles. The Morgan fingerprint density at radius 2 is 2.00 bits per heavy atom. The summed E-state index contributed by atoms with van der Waals surface area (Å²) in [6.07, 6.45) is 0.723. The van der Waals surface area contributed by atoms with Crippen LogP contribution in [-0.4, -0.2) is 35.2 Å². The lowest BCUT2D eigenvalue weighted by molar-refractivity contribution is -0.128. The monoisotopic (exact) mass is 362 g/mol. The quantitative estimate of drug-likeness (QED) is 0.790. The summed E-state index contributed by atoms with van der Waals surface area (Å²) in [4.78, 5) is 24.1. The van der Waals surface area contributed by atoms with Crippen LogP contribution in [0.2, 0.25) is 0 Å². The third-order valence-corrected chi connectivity index (χ3v) is 4.67. The molecule has 2 N–H and O–H groups in total. The molecule has 0 aliphatic rings. The number of nitrogens with zero attached hydrogens (tertiary/aromatic N) is 2. The maximum Gasteiger partial charge on any atom is 0.248 e. The summed E-state index contributed by atoms with van der Waals surface area (Å²) in [5.74, 6) is 0.126. The minimum atomic E-state index is -0.648. The van der Waals surface area contributed by atoms with Gasteiger partial charge in [-0.15, -0.1) is 10.2 Å². The third kappa shape index (κ3) is 4.99. The van der Waals surface area contributed by atoms with Crippen molar-refractivity contribution in [1.82, 2.24) is 15.5 Å². The van der Waals surface area contributed by atoms with Crippen LogP contribution in [0.4, 0.5) is 5.13 Å². The topological polar surface area (TPSA) is 93.2 Å². The van der Waals surface area contributed by atoms with Crippen molar-refractivity contribution < 1.29 is 14.3 Å². The first kappa shape index (κ1) is 18.9. The van der Waals surface area contributed by atoms with Gasteiger partial charge in [-0.05, 0) is 25.5 Å². The number of aromatic nitrogens is 2.